The molecule has 1 saturated carbocycles. The molecular formula is C21H31N5O. The molecule has 0 atom stereocenters. The lowest BCUT2D eigenvalue weighted by molar-refractivity contribution is 0.323. The Morgan fingerprint density at radius 3 is 2.48 bits per heavy atom. The summed E-state index contributed by atoms with van der Waals surface area (Å²) in [5.74, 6) is 3.33. The summed E-state index contributed by atoms with van der Waals surface area (Å²) >= 11 is 0. The maximum absolute atomic E-state index is 5.20. The topological polar surface area (TPSA) is 62.3 Å². The quantitative estimate of drug-likeness (QED) is 0.744. The van der Waals surface area contributed by atoms with Crippen molar-refractivity contribution >= 4 is 11.8 Å². The van der Waals surface area contributed by atoms with Crippen molar-refractivity contribution in [1.29, 1.82) is 0 Å². The van der Waals surface area contributed by atoms with Gasteiger partial charge in [-0.05, 0) is 61.9 Å². The predicted molar refractivity (Wildman–Crippen MR) is 110 cm³/mol. The molecule has 2 N–H and O–H groups in total. The zero-order chi connectivity index (χ0) is 19.1. The first kappa shape index (κ1) is 19.4. The molecular weight excluding hydrogens is 338 g/mol. The van der Waals surface area contributed by atoms with Gasteiger partial charge in [-0.3, -0.25) is 0 Å². The van der Waals surface area contributed by atoms with E-state index in [0.717, 1.165) is 36.5 Å². The largest absolute Gasteiger partial charge is 0.497 e. The van der Waals surface area contributed by atoms with E-state index in [1.165, 1.54) is 31.2 Å². The van der Waals surface area contributed by atoms with Gasteiger partial charge in [-0.2, -0.15) is 4.98 Å². The number of anilines is 2. The molecule has 0 bridgehead atoms. The average Bonchev–Trinajstić information content (AvgIpc) is 2.70. The SMILES string of the molecule is COc1ccc(CNCC2CCC(Nc3nccc(N(C)C)n3)CC2)cc1. The molecule has 6 nitrogen and oxygen atoms in total. The van der Waals surface area contributed by atoms with Gasteiger partial charge in [0.05, 0.1) is 7.11 Å². The van der Waals surface area contributed by atoms with Crippen molar-refractivity contribution in [2.75, 3.05) is 38.0 Å². The first-order valence-corrected chi connectivity index (χ1v) is 9.74. The second-order valence-corrected chi connectivity index (χ2v) is 7.47. The Labute approximate surface area is 162 Å². The molecule has 6 heteroatoms. The number of ether oxygens (including phenoxy) is 1. The van der Waals surface area contributed by atoms with Crippen molar-refractivity contribution in [2.45, 2.75) is 38.3 Å². The smallest absolute Gasteiger partial charge is 0.224 e. The fourth-order valence-electron chi connectivity index (χ4n) is 3.53. The number of benzene rings is 1. The molecule has 146 valence electrons. The van der Waals surface area contributed by atoms with Crippen LogP contribution >= 0.6 is 0 Å². The van der Waals surface area contributed by atoms with Gasteiger partial charge in [-0.1, -0.05) is 12.1 Å². The Kier molecular flexibility index (Phi) is 6.87. The minimum absolute atomic E-state index is 0.472. The number of aromatic nitrogens is 2. The maximum atomic E-state index is 5.20. The molecule has 1 aliphatic rings. The Hall–Kier alpha value is -2.34. The minimum Gasteiger partial charge on any atom is -0.497 e. The summed E-state index contributed by atoms with van der Waals surface area (Å²) in [6.45, 7) is 1.98. The summed E-state index contributed by atoms with van der Waals surface area (Å²) in [6, 6.07) is 10.7. The summed E-state index contributed by atoms with van der Waals surface area (Å²) in [6.07, 6.45) is 6.63. The van der Waals surface area contributed by atoms with Crippen LogP contribution in [0.4, 0.5) is 11.8 Å². The normalized spacial score (nSPS) is 19.5. The van der Waals surface area contributed by atoms with Crippen molar-refractivity contribution in [3.05, 3.63) is 42.1 Å². The summed E-state index contributed by atoms with van der Waals surface area (Å²) < 4.78 is 5.20. The van der Waals surface area contributed by atoms with Crippen molar-refractivity contribution in [1.82, 2.24) is 15.3 Å². The van der Waals surface area contributed by atoms with E-state index < -0.39 is 0 Å². The molecule has 1 aromatic carbocycles. The standard InChI is InChI=1S/C21H31N5O/c1-26(2)20-12-13-23-21(25-20)24-18-8-4-16(5-9-18)14-22-15-17-6-10-19(27-3)11-7-17/h6-7,10-13,16,18,22H,4-5,8-9,14-15H2,1-3H3,(H,23,24,25). The third-order valence-electron chi connectivity index (χ3n) is 5.20. The molecule has 1 aromatic heterocycles. The van der Waals surface area contributed by atoms with Crippen LogP contribution in [0.5, 0.6) is 5.75 Å². The van der Waals surface area contributed by atoms with Crippen molar-refractivity contribution < 1.29 is 4.74 Å². The third kappa shape index (κ3) is 5.82. The maximum Gasteiger partial charge on any atom is 0.224 e. The third-order valence-corrected chi connectivity index (χ3v) is 5.20. The Bertz CT molecular complexity index is 696. The highest BCUT2D eigenvalue weighted by atomic mass is 16.5. The molecule has 1 fully saturated rings. The molecule has 3 rings (SSSR count). The second-order valence-electron chi connectivity index (χ2n) is 7.47. The van der Waals surface area contributed by atoms with Crippen LogP contribution in [-0.2, 0) is 6.54 Å². The summed E-state index contributed by atoms with van der Waals surface area (Å²) in [5, 5.41) is 7.11. The molecule has 1 aliphatic carbocycles. The summed E-state index contributed by atoms with van der Waals surface area (Å²) in [7, 11) is 5.69. The van der Waals surface area contributed by atoms with Crippen LogP contribution in [0.1, 0.15) is 31.2 Å². The Morgan fingerprint density at radius 1 is 1.07 bits per heavy atom. The van der Waals surface area contributed by atoms with E-state index in [2.05, 4.69) is 32.7 Å². The van der Waals surface area contributed by atoms with Crippen LogP contribution in [-0.4, -0.2) is 43.8 Å². The van der Waals surface area contributed by atoms with E-state index in [1.807, 2.05) is 43.4 Å². The average molecular weight is 370 g/mol. The van der Waals surface area contributed by atoms with Gasteiger partial charge >= 0.3 is 0 Å². The van der Waals surface area contributed by atoms with E-state index in [1.54, 1.807) is 7.11 Å². The first-order valence-electron chi connectivity index (χ1n) is 9.74. The van der Waals surface area contributed by atoms with Crippen LogP contribution < -0.4 is 20.3 Å². The van der Waals surface area contributed by atoms with Gasteiger partial charge in [0, 0.05) is 32.9 Å². The monoisotopic (exact) mass is 369 g/mol. The number of hydrogen-bond acceptors (Lipinski definition) is 6. The molecule has 1 heterocycles. The van der Waals surface area contributed by atoms with E-state index in [9.17, 15) is 0 Å². The first-order chi connectivity index (χ1) is 13.1. The van der Waals surface area contributed by atoms with E-state index in [0.29, 0.717) is 6.04 Å². The zero-order valence-electron chi connectivity index (χ0n) is 16.6. The highest BCUT2D eigenvalue weighted by molar-refractivity contribution is 5.41. The van der Waals surface area contributed by atoms with Gasteiger partial charge in [-0.15, -0.1) is 0 Å². The lowest BCUT2D eigenvalue weighted by Gasteiger charge is -2.29. The van der Waals surface area contributed by atoms with Crippen LogP contribution in [0.3, 0.4) is 0 Å². The molecule has 0 spiro atoms. The summed E-state index contributed by atoms with van der Waals surface area (Å²) in [4.78, 5) is 10.9. The van der Waals surface area contributed by atoms with Gasteiger partial charge in [0.1, 0.15) is 11.6 Å². The molecule has 0 unspecified atom stereocenters. The van der Waals surface area contributed by atoms with Gasteiger partial charge in [0.15, 0.2) is 0 Å². The minimum atomic E-state index is 0.472. The number of methoxy groups -OCH3 is 1. The van der Waals surface area contributed by atoms with Crippen LogP contribution in [0.25, 0.3) is 0 Å². The van der Waals surface area contributed by atoms with E-state index in [4.69, 9.17) is 4.74 Å². The lowest BCUT2D eigenvalue weighted by Crippen LogP contribution is -2.31. The fourth-order valence-corrected chi connectivity index (χ4v) is 3.53. The molecule has 0 radical (unpaired) electrons. The van der Waals surface area contributed by atoms with Gasteiger partial charge in [0.25, 0.3) is 0 Å². The number of rotatable bonds is 8. The molecule has 27 heavy (non-hydrogen) atoms. The Morgan fingerprint density at radius 2 is 1.81 bits per heavy atom. The second kappa shape index (κ2) is 9.55. The van der Waals surface area contributed by atoms with Crippen LogP contribution in [0.2, 0.25) is 0 Å². The number of nitrogens with zero attached hydrogens (tertiary/aromatic N) is 3. The van der Waals surface area contributed by atoms with Gasteiger partial charge in [0.2, 0.25) is 5.95 Å². The van der Waals surface area contributed by atoms with Crippen molar-refractivity contribution in [3.63, 3.8) is 0 Å². The highest BCUT2D eigenvalue weighted by Crippen LogP contribution is 2.26. The molecule has 0 saturated heterocycles. The van der Waals surface area contributed by atoms with E-state index >= 15 is 0 Å². The number of nitrogens with one attached hydrogen (secondary N) is 2. The predicted octanol–water partition coefficient (Wildman–Crippen LogP) is 3.31. The van der Waals surface area contributed by atoms with E-state index in [-0.39, 0.29) is 0 Å². The van der Waals surface area contributed by atoms with Gasteiger partial charge in [-0.25, -0.2) is 4.98 Å². The lowest BCUT2D eigenvalue weighted by atomic mass is 9.86. The molecule has 2 aromatic rings. The molecule has 0 aliphatic heterocycles. The highest BCUT2D eigenvalue weighted by Gasteiger charge is 2.21. The fraction of sp³-hybridized carbons (Fsp3) is 0.524. The van der Waals surface area contributed by atoms with Crippen molar-refractivity contribution in [3.8, 4) is 5.75 Å². The Balaban J connectivity index is 1.38. The summed E-state index contributed by atoms with van der Waals surface area (Å²) in [5.41, 5.74) is 1.30. The van der Waals surface area contributed by atoms with Crippen LogP contribution in [0, 0.1) is 5.92 Å². The van der Waals surface area contributed by atoms with Gasteiger partial charge < -0.3 is 20.3 Å². The van der Waals surface area contributed by atoms with Crippen LogP contribution in [0.15, 0.2) is 36.5 Å². The van der Waals surface area contributed by atoms with Crippen molar-refractivity contribution in [2.24, 2.45) is 5.92 Å². The zero-order valence-corrected chi connectivity index (χ0v) is 16.6. The number of hydrogen-bond donors (Lipinski definition) is 2. The molecule has 0 amide bonds.